The number of aromatic carboxylic acids is 1. The highest BCUT2D eigenvalue weighted by Gasteiger charge is 2.37. The number of ketones is 1. The van der Waals surface area contributed by atoms with Gasteiger partial charge < -0.3 is 20.3 Å². The highest BCUT2D eigenvalue weighted by atomic mass is 16.5. The minimum Gasteiger partial charge on any atom is -0.494 e. The Balaban J connectivity index is 0.000000179. The number of Topliss-reactive ketones (excluding diaryl/α,β-unsaturated/α-hetero) is 1. The van der Waals surface area contributed by atoms with E-state index in [1.807, 2.05) is 100 Å². The minimum atomic E-state index is -1.18. The Morgan fingerprint density at radius 2 is 1.03 bits per heavy atom. The van der Waals surface area contributed by atoms with Crippen LogP contribution in [0.4, 0.5) is 23.0 Å². The lowest BCUT2D eigenvalue weighted by molar-refractivity contribution is -0.117. The van der Waals surface area contributed by atoms with Gasteiger partial charge in [0.2, 0.25) is 11.8 Å². The number of hydrogen-bond acceptors (Lipinski definition) is 11. The number of nitrogens with two attached hydrogens (primary N) is 1. The first-order valence-electron chi connectivity index (χ1n) is 19.0. The molecule has 0 aliphatic carbocycles. The van der Waals surface area contributed by atoms with E-state index in [0.717, 1.165) is 28.1 Å². The highest BCUT2D eigenvalue weighted by Crippen LogP contribution is 2.40. The van der Waals surface area contributed by atoms with E-state index < -0.39 is 5.97 Å². The summed E-state index contributed by atoms with van der Waals surface area (Å²) in [6.45, 7) is 8.56. The van der Waals surface area contributed by atoms with Crippen molar-refractivity contribution in [2.45, 2.75) is 40.5 Å². The van der Waals surface area contributed by atoms with E-state index in [1.54, 1.807) is 29.2 Å². The Labute approximate surface area is 340 Å². The molecule has 0 unspecified atom stereocenters. The molecular formula is C45H41N7O7. The highest BCUT2D eigenvalue weighted by molar-refractivity contribution is 6.11. The number of hydrogen-bond donors (Lipinski definition) is 2. The second-order valence-electron chi connectivity index (χ2n) is 13.6. The molecule has 8 rings (SSSR count). The van der Waals surface area contributed by atoms with E-state index in [1.165, 1.54) is 4.90 Å². The SMILES string of the molecule is CCOc1ccc(-c2nc(C(=O)CN)c3c(n2)N(c2ccccc2C)C(=O)C3)cc1.CCOc1ccc(-c2nc(C(=O)O)c3c(n2)N(c2ccccc2C)C(=O)C3)cc1. The van der Waals surface area contributed by atoms with Gasteiger partial charge in [-0.25, -0.2) is 24.7 Å². The van der Waals surface area contributed by atoms with Gasteiger partial charge in [0.15, 0.2) is 23.1 Å². The zero-order valence-corrected chi connectivity index (χ0v) is 32.9. The summed E-state index contributed by atoms with van der Waals surface area (Å²) in [7, 11) is 0. The third kappa shape index (κ3) is 7.98. The number of carboxylic acids is 1. The summed E-state index contributed by atoms with van der Waals surface area (Å²) in [4.78, 5) is 71.1. The number of rotatable bonds is 11. The molecule has 0 fully saturated rings. The Bertz CT molecular complexity index is 2590. The van der Waals surface area contributed by atoms with Crippen LogP contribution in [0.1, 0.15) is 57.1 Å². The molecule has 0 saturated heterocycles. The maximum atomic E-state index is 12.9. The van der Waals surface area contributed by atoms with Gasteiger partial charge in [-0.15, -0.1) is 0 Å². The number of carbonyl (C=O) groups is 4. The number of amides is 2. The van der Waals surface area contributed by atoms with Gasteiger partial charge in [-0.2, -0.15) is 0 Å². The fourth-order valence-electron chi connectivity index (χ4n) is 6.96. The molecule has 0 saturated carbocycles. The summed E-state index contributed by atoms with van der Waals surface area (Å²) in [6.07, 6.45) is 0.0170. The monoisotopic (exact) mass is 791 g/mol. The normalized spacial score (nSPS) is 12.8. The molecule has 0 atom stereocenters. The number of benzene rings is 4. The van der Waals surface area contributed by atoms with E-state index in [9.17, 15) is 24.3 Å². The fraction of sp³-hybridized carbons (Fsp3) is 0.200. The topological polar surface area (TPSA) is 191 Å². The van der Waals surface area contributed by atoms with Gasteiger partial charge in [-0.1, -0.05) is 36.4 Å². The molecule has 3 N–H and O–H groups in total. The van der Waals surface area contributed by atoms with Crippen molar-refractivity contribution in [1.29, 1.82) is 0 Å². The molecule has 14 nitrogen and oxygen atoms in total. The zero-order chi connectivity index (χ0) is 41.8. The zero-order valence-electron chi connectivity index (χ0n) is 32.9. The summed E-state index contributed by atoms with van der Waals surface area (Å²) in [5.41, 5.74) is 11.1. The van der Waals surface area contributed by atoms with Crippen molar-refractivity contribution in [3.8, 4) is 34.3 Å². The number of anilines is 4. The standard InChI is InChI=1S/C23H22N4O3.C22H19N3O4/c1-3-30-16-10-8-15(9-11-16)22-25-21(19(28)13-24)17-12-20(29)27(23(17)26-22)18-7-5-4-6-14(18)2;1-3-29-15-10-8-14(9-11-15)20-23-19(22(27)28)16-12-18(26)25(21(16)24-20)17-7-5-4-6-13(17)2/h4-11H,3,12-13,24H2,1-2H3;4-11H,3,12H2,1-2H3,(H,27,28). The van der Waals surface area contributed by atoms with Gasteiger partial charge in [0.25, 0.3) is 0 Å². The molecule has 2 amide bonds. The Kier molecular flexibility index (Phi) is 11.5. The van der Waals surface area contributed by atoms with Crippen LogP contribution in [0.15, 0.2) is 97.1 Å². The van der Waals surface area contributed by atoms with Crippen molar-refractivity contribution in [2.24, 2.45) is 5.73 Å². The molecule has 0 bridgehead atoms. The summed E-state index contributed by atoms with van der Waals surface area (Å²) in [5, 5.41) is 9.69. The Morgan fingerprint density at radius 3 is 1.42 bits per heavy atom. The lowest BCUT2D eigenvalue weighted by Gasteiger charge is -2.19. The molecule has 2 aliphatic rings. The molecule has 6 aromatic rings. The lowest BCUT2D eigenvalue weighted by atomic mass is 10.1. The van der Waals surface area contributed by atoms with Crippen molar-refractivity contribution in [3.05, 3.63) is 131 Å². The van der Waals surface area contributed by atoms with Crippen molar-refractivity contribution in [1.82, 2.24) is 19.9 Å². The van der Waals surface area contributed by atoms with E-state index in [2.05, 4.69) is 19.9 Å². The number of aryl methyl sites for hydroxylation is 2. The van der Waals surface area contributed by atoms with Crippen molar-refractivity contribution in [2.75, 3.05) is 29.6 Å². The molecule has 14 heteroatoms. The first-order valence-corrected chi connectivity index (χ1v) is 19.0. The Morgan fingerprint density at radius 1 is 0.627 bits per heavy atom. The molecule has 2 aromatic heterocycles. The molecular weight excluding hydrogens is 751 g/mol. The maximum Gasteiger partial charge on any atom is 0.355 e. The summed E-state index contributed by atoms with van der Waals surface area (Å²) < 4.78 is 10.9. The predicted molar refractivity (Wildman–Crippen MR) is 222 cm³/mol. The third-order valence-electron chi connectivity index (χ3n) is 9.76. The quantitative estimate of drug-likeness (QED) is 0.128. The van der Waals surface area contributed by atoms with Crippen LogP contribution in [-0.4, -0.2) is 68.4 Å². The van der Waals surface area contributed by atoms with Crippen LogP contribution in [0.5, 0.6) is 11.5 Å². The van der Waals surface area contributed by atoms with Crippen LogP contribution in [0.25, 0.3) is 22.8 Å². The van der Waals surface area contributed by atoms with Gasteiger partial charge in [0.05, 0.1) is 44.0 Å². The van der Waals surface area contributed by atoms with Crippen molar-refractivity contribution < 1.29 is 33.8 Å². The van der Waals surface area contributed by atoms with E-state index >= 15 is 0 Å². The van der Waals surface area contributed by atoms with Crippen LogP contribution in [0, 0.1) is 13.8 Å². The molecule has 4 aromatic carbocycles. The number of carboxylic acid groups (broad SMARTS) is 1. The largest absolute Gasteiger partial charge is 0.494 e. The summed E-state index contributed by atoms with van der Waals surface area (Å²) >= 11 is 0. The molecule has 0 radical (unpaired) electrons. The summed E-state index contributed by atoms with van der Waals surface area (Å²) in [6, 6.07) is 29.4. The van der Waals surface area contributed by atoms with E-state index in [0.29, 0.717) is 58.8 Å². The second-order valence-corrected chi connectivity index (χ2v) is 13.6. The number of nitrogens with zero attached hydrogens (tertiary/aromatic N) is 6. The number of carbonyl (C=O) groups excluding carboxylic acids is 3. The first kappa shape index (κ1) is 39.9. The Hall–Kier alpha value is -7.32. The third-order valence-corrected chi connectivity index (χ3v) is 9.76. The van der Waals surface area contributed by atoms with Crippen LogP contribution in [0.3, 0.4) is 0 Å². The average molecular weight is 792 g/mol. The predicted octanol–water partition coefficient (Wildman–Crippen LogP) is 6.98. The van der Waals surface area contributed by atoms with Gasteiger partial charge >= 0.3 is 5.97 Å². The fourth-order valence-corrected chi connectivity index (χ4v) is 6.96. The van der Waals surface area contributed by atoms with Crippen LogP contribution in [-0.2, 0) is 22.4 Å². The van der Waals surface area contributed by atoms with Gasteiger partial charge in [0.1, 0.15) is 28.8 Å². The van der Waals surface area contributed by atoms with Gasteiger partial charge in [-0.3, -0.25) is 24.2 Å². The molecule has 4 heterocycles. The molecule has 0 spiro atoms. The maximum absolute atomic E-state index is 12.9. The second kappa shape index (κ2) is 17.0. The first-order chi connectivity index (χ1) is 28.5. The van der Waals surface area contributed by atoms with Crippen LogP contribution >= 0.6 is 0 Å². The molecule has 59 heavy (non-hydrogen) atoms. The average Bonchev–Trinajstić information content (AvgIpc) is 3.75. The molecule has 298 valence electrons. The van der Waals surface area contributed by atoms with Crippen molar-refractivity contribution in [3.63, 3.8) is 0 Å². The number of fused-ring (bicyclic) bond motifs is 2. The lowest BCUT2D eigenvalue weighted by Crippen LogP contribution is -2.22. The van der Waals surface area contributed by atoms with E-state index in [-0.39, 0.29) is 54.2 Å². The number of aromatic nitrogens is 4. The smallest absolute Gasteiger partial charge is 0.355 e. The number of para-hydroxylation sites is 2. The van der Waals surface area contributed by atoms with Gasteiger partial charge in [0, 0.05) is 22.3 Å². The van der Waals surface area contributed by atoms with Crippen LogP contribution in [0.2, 0.25) is 0 Å². The van der Waals surface area contributed by atoms with Crippen molar-refractivity contribution >= 4 is 46.6 Å². The van der Waals surface area contributed by atoms with Crippen LogP contribution < -0.4 is 25.0 Å². The van der Waals surface area contributed by atoms with E-state index in [4.69, 9.17) is 15.2 Å². The van der Waals surface area contributed by atoms with Gasteiger partial charge in [-0.05, 0) is 99.5 Å². The number of ether oxygens (including phenoxy) is 2. The minimum absolute atomic E-state index is 0.0468. The summed E-state index contributed by atoms with van der Waals surface area (Å²) in [5.74, 6) is 0.920. The molecule has 2 aliphatic heterocycles.